The molecule has 1 saturated carbocycles. The molecule has 0 amide bonds. The van der Waals surface area contributed by atoms with Crippen LogP contribution >= 0.6 is 0 Å². The molecule has 1 aliphatic rings. The summed E-state index contributed by atoms with van der Waals surface area (Å²) in [5.74, 6) is 0.662. The number of aromatic nitrogens is 3. The van der Waals surface area contributed by atoms with Gasteiger partial charge in [0.05, 0.1) is 16.9 Å². The Morgan fingerprint density at radius 3 is 2.52 bits per heavy atom. The van der Waals surface area contributed by atoms with Crippen LogP contribution in [0.4, 0.5) is 30.6 Å². The molecule has 3 aromatic rings. The maximum absolute atomic E-state index is 13.3. The second-order valence-electron chi connectivity index (χ2n) is 6.29. The minimum atomic E-state index is -4.46. The molecule has 4 rings (SSSR count). The maximum Gasteiger partial charge on any atom is 0.418 e. The van der Waals surface area contributed by atoms with Crippen molar-refractivity contribution in [3.63, 3.8) is 0 Å². The van der Waals surface area contributed by atoms with E-state index in [2.05, 4.69) is 25.6 Å². The average molecular weight is 371 g/mol. The van der Waals surface area contributed by atoms with Gasteiger partial charge in [-0.05, 0) is 37.1 Å². The van der Waals surface area contributed by atoms with Gasteiger partial charge < -0.3 is 10.6 Å². The fourth-order valence-electron chi connectivity index (χ4n) is 2.63. The summed E-state index contributed by atoms with van der Waals surface area (Å²) in [5, 5.41) is 5.98. The summed E-state index contributed by atoms with van der Waals surface area (Å²) >= 11 is 0. The lowest BCUT2D eigenvalue weighted by atomic mass is 10.1. The van der Waals surface area contributed by atoms with Crippen molar-refractivity contribution in [2.75, 3.05) is 10.6 Å². The smallest absolute Gasteiger partial charge is 0.351 e. The highest BCUT2D eigenvalue weighted by molar-refractivity contribution is 5.68. The number of rotatable bonds is 5. The molecule has 0 radical (unpaired) electrons. The van der Waals surface area contributed by atoms with E-state index in [0.717, 1.165) is 24.5 Å². The van der Waals surface area contributed by atoms with Crippen LogP contribution in [0.1, 0.15) is 18.4 Å². The monoisotopic (exact) mass is 371 g/mol. The molecule has 8 heteroatoms. The van der Waals surface area contributed by atoms with Crippen molar-refractivity contribution in [2.45, 2.75) is 25.1 Å². The summed E-state index contributed by atoms with van der Waals surface area (Å²) in [6.07, 6.45) is 0.891. The standard InChI is InChI=1S/C19H16F3N5/c20-19(21,22)14-5-1-2-6-15(14)25-17-10-16(12-4-3-9-23-11-12)26-18(27-17)24-13-7-8-13/h1-6,9-11,13H,7-8H2,(H2,24,25,26,27). The van der Waals surface area contributed by atoms with Crippen LogP contribution in [0.5, 0.6) is 0 Å². The fraction of sp³-hybridized carbons (Fsp3) is 0.211. The quantitative estimate of drug-likeness (QED) is 0.670. The first-order chi connectivity index (χ1) is 13.0. The third-order valence-electron chi connectivity index (χ3n) is 4.09. The molecule has 1 aliphatic carbocycles. The molecule has 0 saturated heterocycles. The summed E-state index contributed by atoms with van der Waals surface area (Å²) in [5.41, 5.74) is 0.528. The van der Waals surface area contributed by atoms with E-state index in [9.17, 15) is 13.2 Å². The predicted molar refractivity (Wildman–Crippen MR) is 96.6 cm³/mol. The van der Waals surface area contributed by atoms with E-state index < -0.39 is 11.7 Å². The van der Waals surface area contributed by atoms with Crippen LogP contribution in [0.3, 0.4) is 0 Å². The van der Waals surface area contributed by atoms with Gasteiger partial charge in [0.15, 0.2) is 0 Å². The summed E-state index contributed by atoms with van der Waals surface area (Å²) in [4.78, 5) is 12.9. The lowest BCUT2D eigenvalue weighted by Gasteiger charge is -2.15. The molecular formula is C19H16F3N5. The van der Waals surface area contributed by atoms with Crippen LogP contribution in [0, 0.1) is 0 Å². The summed E-state index contributed by atoms with van der Waals surface area (Å²) < 4.78 is 39.8. The van der Waals surface area contributed by atoms with Gasteiger partial charge in [-0.15, -0.1) is 0 Å². The van der Waals surface area contributed by atoms with Gasteiger partial charge in [0.2, 0.25) is 5.95 Å². The third-order valence-corrected chi connectivity index (χ3v) is 4.09. The Hall–Kier alpha value is -3.16. The van der Waals surface area contributed by atoms with Crippen molar-refractivity contribution < 1.29 is 13.2 Å². The molecule has 1 fully saturated rings. The Kier molecular flexibility index (Phi) is 4.39. The number of anilines is 3. The van der Waals surface area contributed by atoms with Crippen molar-refractivity contribution in [2.24, 2.45) is 0 Å². The highest BCUT2D eigenvalue weighted by atomic mass is 19.4. The molecular weight excluding hydrogens is 355 g/mol. The van der Waals surface area contributed by atoms with Gasteiger partial charge >= 0.3 is 6.18 Å². The van der Waals surface area contributed by atoms with Crippen LogP contribution < -0.4 is 10.6 Å². The molecule has 0 unspecified atom stereocenters. The molecule has 5 nitrogen and oxygen atoms in total. The number of hydrogen-bond donors (Lipinski definition) is 2. The van der Waals surface area contributed by atoms with E-state index in [-0.39, 0.29) is 11.5 Å². The number of halogens is 3. The first kappa shape index (κ1) is 17.3. The molecule has 27 heavy (non-hydrogen) atoms. The lowest BCUT2D eigenvalue weighted by Crippen LogP contribution is -2.11. The van der Waals surface area contributed by atoms with Gasteiger partial charge in [0.25, 0.3) is 0 Å². The van der Waals surface area contributed by atoms with Crippen molar-refractivity contribution in [3.05, 3.63) is 60.4 Å². The molecule has 138 valence electrons. The summed E-state index contributed by atoms with van der Waals surface area (Å²) in [7, 11) is 0. The summed E-state index contributed by atoms with van der Waals surface area (Å²) in [6, 6.07) is 10.9. The number of nitrogens with zero attached hydrogens (tertiary/aromatic N) is 3. The Bertz CT molecular complexity index is 940. The Morgan fingerprint density at radius 2 is 1.81 bits per heavy atom. The zero-order valence-corrected chi connectivity index (χ0v) is 14.2. The molecule has 0 atom stereocenters. The zero-order chi connectivity index (χ0) is 18.9. The topological polar surface area (TPSA) is 62.7 Å². The van der Waals surface area contributed by atoms with Gasteiger partial charge in [-0.25, -0.2) is 4.98 Å². The van der Waals surface area contributed by atoms with Gasteiger partial charge in [-0.2, -0.15) is 18.2 Å². The normalized spacial score (nSPS) is 14.0. The number of para-hydroxylation sites is 1. The van der Waals surface area contributed by atoms with E-state index in [1.54, 1.807) is 30.6 Å². The van der Waals surface area contributed by atoms with Crippen LogP contribution in [0.2, 0.25) is 0 Å². The van der Waals surface area contributed by atoms with Crippen molar-refractivity contribution in [1.29, 1.82) is 0 Å². The number of nitrogens with one attached hydrogen (secondary N) is 2. The average Bonchev–Trinajstić information content (AvgIpc) is 3.46. The van der Waals surface area contributed by atoms with E-state index >= 15 is 0 Å². The molecule has 1 aromatic carbocycles. The highest BCUT2D eigenvalue weighted by Gasteiger charge is 2.33. The Balaban J connectivity index is 1.72. The van der Waals surface area contributed by atoms with Crippen molar-refractivity contribution >= 4 is 17.5 Å². The van der Waals surface area contributed by atoms with E-state index in [4.69, 9.17) is 0 Å². The van der Waals surface area contributed by atoms with E-state index in [1.165, 1.54) is 12.1 Å². The maximum atomic E-state index is 13.3. The first-order valence-corrected chi connectivity index (χ1v) is 8.48. The molecule has 2 heterocycles. The zero-order valence-electron chi connectivity index (χ0n) is 14.2. The number of pyridine rings is 1. The van der Waals surface area contributed by atoms with Crippen molar-refractivity contribution in [3.8, 4) is 11.3 Å². The number of alkyl halides is 3. The van der Waals surface area contributed by atoms with Gasteiger partial charge in [0.1, 0.15) is 5.82 Å². The molecule has 0 bridgehead atoms. The van der Waals surface area contributed by atoms with Gasteiger partial charge in [0, 0.05) is 30.1 Å². The second kappa shape index (κ2) is 6.86. The minimum Gasteiger partial charge on any atom is -0.351 e. The number of hydrogen-bond acceptors (Lipinski definition) is 5. The van der Waals surface area contributed by atoms with Crippen molar-refractivity contribution in [1.82, 2.24) is 15.0 Å². The minimum absolute atomic E-state index is 0.0572. The van der Waals surface area contributed by atoms with Crippen LogP contribution in [0.15, 0.2) is 54.9 Å². The molecule has 2 aromatic heterocycles. The molecule has 0 spiro atoms. The summed E-state index contributed by atoms with van der Waals surface area (Å²) in [6.45, 7) is 0. The second-order valence-corrected chi connectivity index (χ2v) is 6.29. The largest absolute Gasteiger partial charge is 0.418 e. The van der Waals surface area contributed by atoms with Crippen LogP contribution in [-0.4, -0.2) is 21.0 Å². The lowest BCUT2D eigenvalue weighted by molar-refractivity contribution is -0.136. The molecule has 2 N–H and O–H groups in total. The van der Waals surface area contributed by atoms with E-state index in [0.29, 0.717) is 17.7 Å². The molecule has 0 aliphatic heterocycles. The third kappa shape index (κ3) is 4.16. The van der Waals surface area contributed by atoms with Crippen LogP contribution in [0.25, 0.3) is 11.3 Å². The fourth-order valence-corrected chi connectivity index (χ4v) is 2.63. The van der Waals surface area contributed by atoms with Gasteiger partial charge in [-0.1, -0.05) is 12.1 Å². The van der Waals surface area contributed by atoms with Gasteiger partial charge in [-0.3, -0.25) is 4.98 Å². The Morgan fingerprint density at radius 1 is 1.00 bits per heavy atom. The van der Waals surface area contributed by atoms with E-state index in [1.807, 2.05) is 6.07 Å². The first-order valence-electron chi connectivity index (χ1n) is 8.48. The van der Waals surface area contributed by atoms with Crippen LogP contribution in [-0.2, 0) is 6.18 Å². The Labute approximate surface area is 153 Å². The SMILES string of the molecule is FC(F)(F)c1ccccc1Nc1cc(-c2cccnc2)nc(NC2CC2)n1. The predicted octanol–water partition coefficient (Wildman–Crippen LogP) is 4.88. The highest BCUT2D eigenvalue weighted by Crippen LogP contribution is 2.36. The number of benzene rings is 1.